The summed E-state index contributed by atoms with van der Waals surface area (Å²) >= 11 is 0. The lowest BCUT2D eigenvalue weighted by Gasteiger charge is -2.18. The molecule has 78 valence electrons. The lowest BCUT2D eigenvalue weighted by atomic mass is 9.92. The highest BCUT2D eigenvalue weighted by atomic mass is 16.5. The number of aromatic nitrogens is 2. The van der Waals surface area contributed by atoms with Gasteiger partial charge in [-0.15, -0.1) is 0 Å². The van der Waals surface area contributed by atoms with E-state index in [0.29, 0.717) is 6.01 Å². The highest BCUT2D eigenvalue weighted by Gasteiger charge is 2.16. The van der Waals surface area contributed by atoms with Crippen LogP contribution in [0.4, 0.5) is 0 Å². The summed E-state index contributed by atoms with van der Waals surface area (Å²) < 4.78 is 5.43. The van der Waals surface area contributed by atoms with Gasteiger partial charge in [0.15, 0.2) is 0 Å². The molecule has 0 aliphatic carbocycles. The van der Waals surface area contributed by atoms with E-state index in [0.717, 1.165) is 5.69 Å². The van der Waals surface area contributed by atoms with Crippen molar-refractivity contribution in [1.29, 1.82) is 0 Å². The van der Waals surface area contributed by atoms with Gasteiger partial charge in [-0.2, -0.15) is 4.98 Å². The molecule has 0 aliphatic rings. The van der Waals surface area contributed by atoms with Gasteiger partial charge in [-0.05, 0) is 19.9 Å². The van der Waals surface area contributed by atoms with Crippen LogP contribution in [-0.2, 0) is 5.41 Å². The minimum absolute atomic E-state index is 0.0397. The highest BCUT2D eigenvalue weighted by molar-refractivity contribution is 5.14. The molecule has 0 fully saturated rings. The van der Waals surface area contributed by atoms with Crippen LogP contribution in [0.25, 0.3) is 0 Å². The second-order valence-electron chi connectivity index (χ2n) is 4.64. The molecule has 14 heavy (non-hydrogen) atoms. The Morgan fingerprint density at radius 1 is 1.29 bits per heavy atom. The molecule has 0 aliphatic heterocycles. The topological polar surface area (TPSA) is 35.0 Å². The van der Waals surface area contributed by atoms with E-state index < -0.39 is 0 Å². The number of nitrogens with zero attached hydrogens (tertiary/aromatic N) is 2. The molecule has 0 aromatic carbocycles. The molecule has 0 atom stereocenters. The smallest absolute Gasteiger partial charge is 0.316 e. The normalized spacial score (nSPS) is 11.9. The number of hydrogen-bond donors (Lipinski definition) is 0. The summed E-state index contributed by atoms with van der Waals surface area (Å²) in [5, 5.41) is 0. The summed E-state index contributed by atoms with van der Waals surface area (Å²) in [5.74, 6) is 0. The number of ether oxygens (including phenoxy) is 1. The average molecular weight is 194 g/mol. The fourth-order valence-electron chi connectivity index (χ4n) is 1.03. The van der Waals surface area contributed by atoms with Gasteiger partial charge < -0.3 is 4.74 Å². The van der Waals surface area contributed by atoms with Crippen molar-refractivity contribution in [2.75, 3.05) is 0 Å². The first-order valence-corrected chi connectivity index (χ1v) is 4.90. The predicted molar refractivity (Wildman–Crippen MR) is 56.5 cm³/mol. The van der Waals surface area contributed by atoms with Crippen molar-refractivity contribution >= 4 is 0 Å². The van der Waals surface area contributed by atoms with E-state index in [9.17, 15) is 0 Å². The Balaban J connectivity index is 2.90. The second-order valence-corrected chi connectivity index (χ2v) is 4.64. The molecule has 0 saturated heterocycles. The molecule has 0 radical (unpaired) electrons. The van der Waals surface area contributed by atoms with Crippen LogP contribution in [0.3, 0.4) is 0 Å². The van der Waals surface area contributed by atoms with Crippen molar-refractivity contribution in [2.24, 2.45) is 0 Å². The Hall–Kier alpha value is -1.12. The van der Waals surface area contributed by atoms with Crippen molar-refractivity contribution in [1.82, 2.24) is 9.97 Å². The Bertz CT molecular complexity index is 302. The average Bonchev–Trinajstić information content (AvgIpc) is 2.01. The molecule has 0 saturated carbocycles. The third-order valence-electron chi connectivity index (χ3n) is 1.74. The van der Waals surface area contributed by atoms with Crippen LogP contribution >= 0.6 is 0 Å². The monoisotopic (exact) mass is 194 g/mol. The molecule has 1 aromatic rings. The second kappa shape index (κ2) is 3.95. The standard InChI is InChI=1S/C11H18N2O/c1-8(2)14-10-12-7-6-9(13-10)11(3,4)5/h6-8H,1-5H3. The van der Waals surface area contributed by atoms with Crippen molar-refractivity contribution in [3.8, 4) is 6.01 Å². The van der Waals surface area contributed by atoms with Gasteiger partial charge in [-0.25, -0.2) is 4.98 Å². The molecule has 0 unspecified atom stereocenters. The summed E-state index contributed by atoms with van der Waals surface area (Å²) in [6, 6.07) is 2.39. The molecule has 0 bridgehead atoms. The molecular formula is C11H18N2O. The molecule has 3 nitrogen and oxygen atoms in total. The third-order valence-corrected chi connectivity index (χ3v) is 1.74. The molecule has 1 rings (SSSR count). The van der Waals surface area contributed by atoms with E-state index in [2.05, 4.69) is 30.7 Å². The van der Waals surface area contributed by atoms with Crippen LogP contribution in [0.15, 0.2) is 12.3 Å². The number of hydrogen-bond acceptors (Lipinski definition) is 3. The quantitative estimate of drug-likeness (QED) is 0.725. The van der Waals surface area contributed by atoms with Gasteiger partial charge in [0, 0.05) is 11.6 Å². The van der Waals surface area contributed by atoms with Gasteiger partial charge >= 0.3 is 6.01 Å². The van der Waals surface area contributed by atoms with E-state index in [-0.39, 0.29) is 11.5 Å². The third kappa shape index (κ3) is 2.98. The maximum Gasteiger partial charge on any atom is 0.316 e. The Kier molecular flexibility index (Phi) is 3.09. The van der Waals surface area contributed by atoms with Crippen LogP contribution in [0, 0.1) is 0 Å². The Labute approximate surface area is 85.5 Å². The van der Waals surface area contributed by atoms with Crippen LogP contribution in [0.1, 0.15) is 40.3 Å². The van der Waals surface area contributed by atoms with Gasteiger partial charge in [-0.3, -0.25) is 0 Å². The maximum atomic E-state index is 5.43. The van der Waals surface area contributed by atoms with Crippen molar-refractivity contribution in [3.05, 3.63) is 18.0 Å². The van der Waals surface area contributed by atoms with Crippen LogP contribution < -0.4 is 4.74 Å². The molecule has 1 aromatic heterocycles. The van der Waals surface area contributed by atoms with E-state index in [4.69, 9.17) is 4.74 Å². The first-order chi connectivity index (χ1) is 6.39. The molecular weight excluding hydrogens is 176 g/mol. The maximum absolute atomic E-state index is 5.43. The molecule has 0 spiro atoms. The van der Waals surface area contributed by atoms with E-state index in [1.165, 1.54) is 0 Å². The first kappa shape index (κ1) is 11.0. The Morgan fingerprint density at radius 2 is 1.93 bits per heavy atom. The summed E-state index contributed by atoms with van der Waals surface area (Å²) in [5.41, 5.74) is 1.04. The molecule has 0 amide bonds. The van der Waals surface area contributed by atoms with E-state index >= 15 is 0 Å². The van der Waals surface area contributed by atoms with Crippen LogP contribution in [-0.4, -0.2) is 16.1 Å². The van der Waals surface area contributed by atoms with Gasteiger partial charge in [0.2, 0.25) is 0 Å². The van der Waals surface area contributed by atoms with Gasteiger partial charge in [0.1, 0.15) is 0 Å². The molecule has 1 heterocycles. The summed E-state index contributed by atoms with van der Waals surface area (Å²) in [4.78, 5) is 8.41. The van der Waals surface area contributed by atoms with Crippen molar-refractivity contribution < 1.29 is 4.74 Å². The van der Waals surface area contributed by atoms with Gasteiger partial charge in [0.05, 0.1) is 11.8 Å². The fourth-order valence-corrected chi connectivity index (χ4v) is 1.03. The fraction of sp³-hybridized carbons (Fsp3) is 0.636. The largest absolute Gasteiger partial charge is 0.461 e. The Morgan fingerprint density at radius 3 is 2.43 bits per heavy atom. The molecule has 0 N–H and O–H groups in total. The van der Waals surface area contributed by atoms with Crippen molar-refractivity contribution in [3.63, 3.8) is 0 Å². The summed E-state index contributed by atoms with van der Waals surface area (Å²) in [7, 11) is 0. The minimum atomic E-state index is 0.0397. The lowest BCUT2D eigenvalue weighted by Crippen LogP contribution is -2.16. The summed E-state index contributed by atoms with van der Waals surface area (Å²) in [6.07, 6.45) is 1.86. The first-order valence-electron chi connectivity index (χ1n) is 4.90. The highest BCUT2D eigenvalue weighted by Crippen LogP contribution is 2.20. The van der Waals surface area contributed by atoms with Gasteiger partial charge in [-0.1, -0.05) is 20.8 Å². The zero-order valence-electron chi connectivity index (χ0n) is 9.53. The summed E-state index contributed by atoms with van der Waals surface area (Å²) in [6.45, 7) is 10.3. The minimum Gasteiger partial charge on any atom is -0.461 e. The van der Waals surface area contributed by atoms with Crippen molar-refractivity contribution in [2.45, 2.75) is 46.1 Å². The lowest BCUT2D eigenvalue weighted by molar-refractivity contribution is 0.220. The predicted octanol–water partition coefficient (Wildman–Crippen LogP) is 2.56. The molecule has 3 heteroatoms. The zero-order valence-corrected chi connectivity index (χ0v) is 9.53. The zero-order chi connectivity index (χ0) is 10.8. The number of rotatable bonds is 2. The van der Waals surface area contributed by atoms with Crippen LogP contribution in [0.2, 0.25) is 0 Å². The van der Waals surface area contributed by atoms with E-state index in [1.807, 2.05) is 19.9 Å². The SMILES string of the molecule is CC(C)Oc1nccc(C(C)(C)C)n1. The van der Waals surface area contributed by atoms with Gasteiger partial charge in [0.25, 0.3) is 0 Å². The van der Waals surface area contributed by atoms with Crippen LogP contribution in [0.5, 0.6) is 6.01 Å². The van der Waals surface area contributed by atoms with E-state index in [1.54, 1.807) is 6.20 Å².